The number of halogens is 1. The van der Waals surface area contributed by atoms with E-state index >= 15 is 0 Å². The van der Waals surface area contributed by atoms with Crippen LogP contribution in [-0.2, 0) is 20.8 Å². The molecule has 0 saturated heterocycles. The Morgan fingerprint density at radius 1 is 1.14 bits per heavy atom. The van der Waals surface area contributed by atoms with Crippen LogP contribution in [-0.4, -0.2) is 39.9 Å². The SMILES string of the molecule is COC(=O)[C@@H](OC(C)(C)C)c1c(C)c2c3c(cc(C)n3CCN2c2noc(C)n2)c1-c1ccc(Cl)cc1. The number of aromatic nitrogens is 3. The van der Waals surface area contributed by atoms with E-state index in [0.29, 0.717) is 23.4 Å². The molecule has 0 fully saturated rings. The molecule has 194 valence electrons. The summed E-state index contributed by atoms with van der Waals surface area (Å²) in [6.07, 6.45) is -0.962. The van der Waals surface area contributed by atoms with E-state index in [0.717, 1.165) is 51.1 Å². The molecule has 9 heteroatoms. The number of carbonyl (C=O) groups is 1. The second-order valence-corrected chi connectivity index (χ2v) is 10.8. The molecule has 0 saturated carbocycles. The summed E-state index contributed by atoms with van der Waals surface area (Å²) in [4.78, 5) is 19.9. The van der Waals surface area contributed by atoms with Gasteiger partial charge in [0, 0.05) is 41.7 Å². The minimum Gasteiger partial charge on any atom is -0.467 e. The van der Waals surface area contributed by atoms with E-state index in [2.05, 4.69) is 32.6 Å². The highest BCUT2D eigenvalue weighted by Gasteiger charge is 2.37. The van der Waals surface area contributed by atoms with Crippen LogP contribution in [0.15, 0.2) is 34.9 Å². The van der Waals surface area contributed by atoms with E-state index < -0.39 is 17.7 Å². The Balaban J connectivity index is 1.91. The Kier molecular flexibility index (Phi) is 6.28. The number of carbonyl (C=O) groups excluding carboxylic acids is 1. The second kappa shape index (κ2) is 9.19. The van der Waals surface area contributed by atoms with Crippen LogP contribution >= 0.6 is 11.6 Å². The number of hydrogen-bond donors (Lipinski definition) is 0. The first-order chi connectivity index (χ1) is 17.5. The minimum atomic E-state index is -0.962. The largest absolute Gasteiger partial charge is 0.467 e. The van der Waals surface area contributed by atoms with Crippen molar-refractivity contribution in [3.05, 3.63) is 58.1 Å². The summed E-state index contributed by atoms with van der Waals surface area (Å²) in [7, 11) is 1.39. The van der Waals surface area contributed by atoms with Gasteiger partial charge in [-0.3, -0.25) is 0 Å². The molecular weight excluding hydrogens is 492 g/mol. The fourth-order valence-corrected chi connectivity index (χ4v) is 5.36. The zero-order chi connectivity index (χ0) is 26.6. The van der Waals surface area contributed by atoms with Crippen molar-refractivity contribution in [1.29, 1.82) is 0 Å². The van der Waals surface area contributed by atoms with Gasteiger partial charge in [0.25, 0.3) is 5.95 Å². The summed E-state index contributed by atoms with van der Waals surface area (Å²) in [5, 5.41) is 5.86. The van der Waals surface area contributed by atoms with Gasteiger partial charge in [0.2, 0.25) is 5.89 Å². The fourth-order valence-electron chi connectivity index (χ4n) is 5.23. The van der Waals surface area contributed by atoms with Crippen LogP contribution in [0.5, 0.6) is 0 Å². The maximum Gasteiger partial charge on any atom is 0.339 e. The molecule has 5 rings (SSSR count). The van der Waals surface area contributed by atoms with Gasteiger partial charge in [-0.15, -0.1) is 0 Å². The van der Waals surface area contributed by atoms with Gasteiger partial charge in [0.05, 0.1) is 23.9 Å². The van der Waals surface area contributed by atoms with Crippen LogP contribution < -0.4 is 4.90 Å². The average Bonchev–Trinajstić information content (AvgIpc) is 3.42. The van der Waals surface area contributed by atoms with Crippen LogP contribution in [0, 0.1) is 20.8 Å². The molecule has 37 heavy (non-hydrogen) atoms. The average molecular weight is 523 g/mol. The van der Waals surface area contributed by atoms with Crippen molar-refractivity contribution < 1.29 is 18.8 Å². The zero-order valence-electron chi connectivity index (χ0n) is 22.2. The Morgan fingerprint density at radius 3 is 2.43 bits per heavy atom. The number of aryl methyl sites for hydroxylation is 2. The topological polar surface area (TPSA) is 82.6 Å². The number of methoxy groups -OCH3 is 1. The Morgan fingerprint density at radius 2 is 1.84 bits per heavy atom. The van der Waals surface area contributed by atoms with Gasteiger partial charge in [-0.25, -0.2) is 4.79 Å². The predicted octanol–water partition coefficient (Wildman–Crippen LogP) is 6.45. The normalized spacial score (nSPS) is 14.3. The number of anilines is 2. The molecule has 0 amide bonds. The lowest BCUT2D eigenvalue weighted by molar-refractivity contribution is -0.164. The van der Waals surface area contributed by atoms with Gasteiger partial charge in [-0.2, -0.15) is 4.98 Å². The lowest BCUT2D eigenvalue weighted by Crippen LogP contribution is -2.32. The molecule has 0 unspecified atom stereocenters. The molecule has 1 aliphatic heterocycles. The first kappa shape index (κ1) is 25.3. The molecule has 0 N–H and O–H groups in total. The third-order valence-electron chi connectivity index (χ3n) is 6.68. The lowest BCUT2D eigenvalue weighted by Gasteiger charge is -2.34. The van der Waals surface area contributed by atoms with Crippen molar-refractivity contribution in [2.75, 3.05) is 18.6 Å². The second-order valence-electron chi connectivity index (χ2n) is 10.4. The van der Waals surface area contributed by atoms with Crippen LogP contribution in [0.1, 0.15) is 49.6 Å². The summed E-state index contributed by atoms with van der Waals surface area (Å²) in [5.74, 6) is 0.514. The van der Waals surface area contributed by atoms with Crippen molar-refractivity contribution in [3.63, 3.8) is 0 Å². The van der Waals surface area contributed by atoms with Gasteiger partial charge in [-0.05, 0) is 74.7 Å². The first-order valence-corrected chi connectivity index (χ1v) is 12.6. The summed E-state index contributed by atoms with van der Waals surface area (Å²) >= 11 is 6.25. The molecule has 8 nitrogen and oxygen atoms in total. The molecular formula is C28H31ClN4O4. The predicted molar refractivity (Wildman–Crippen MR) is 143 cm³/mol. The van der Waals surface area contributed by atoms with Crippen molar-refractivity contribution in [2.24, 2.45) is 0 Å². The maximum atomic E-state index is 13.3. The molecule has 3 heterocycles. The van der Waals surface area contributed by atoms with E-state index in [1.54, 1.807) is 6.92 Å². The molecule has 0 radical (unpaired) electrons. The molecule has 0 spiro atoms. The summed E-state index contributed by atoms with van der Waals surface area (Å²) in [5.41, 5.74) is 5.98. The highest BCUT2D eigenvalue weighted by molar-refractivity contribution is 6.30. The van der Waals surface area contributed by atoms with Gasteiger partial charge in [0.15, 0.2) is 6.10 Å². The molecule has 2 aromatic carbocycles. The van der Waals surface area contributed by atoms with Crippen molar-refractivity contribution in [3.8, 4) is 11.1 Å². The van der Waals surface area contributed by atoms with Crippen LogP contribution in [0.4, 0.5) is 11.6 Å². The number of benzene rings is 2. The first-order valence-electron chi connectivity index (χ1n) is 12.3. The Labute approximate surface area is 221 Å². The quantitative estimate of drug-likeness (QED) is 0.278. The van der Waals surface area contributed by atoms with E-state index in [1.165, 1.54) is 7.11 Å². The molecule has 0 aliphatic carbocycles. The number of hydrogen-bond acceptors (Lipinski definition) is 7. The lowest BCUT2D eigenvalue weighted by atomic mass is 9.87. The summed E-state index contributed by atoms with van der Waals surface area (Å²) in [6.45, 7) is 13.1. The van der Waals surface area contributed by atoms with Crippen LogP contribution in [0.25, 0.3) is 22.0 Å². The summed E-state index contributed by atoms with van der Waals surface area (Å²) < 4.78 is 19.3. The number of ether oxygens (including phenoxy) is 2. The highest BCUT2D eigenvalue weighted by atomic mass is 35.5. The third kappa shape index (κ3) is 4.38. The van der Waals surface area contributed by atoms with E-state index in [4.69, 9.17) is 25.6 Å². The van der Waals surface area contributed by atoms with Crippen molar-refractivity contribution >= 4 is 40.1 Å². The Bertz CT molecular complexity index is 1500. The monoisotopic (exact) mass is 522 g/mol. The fraction of sp³-hybridized carbons (Fsp3) is 0.393. The standard InChI is InChI=1S/C28H31ClN4O4/c1-15-14-20-22(18-8-10-19(29)11-9-18)21(25(26(34)35-7)36-28(4,5)6)16(2)23-24(20)32(15)12-13-33(23)27-30-17(3)37-31-27/h8-11,14,25H,12-13H2,1-7H3/t25-/m0/s1. The van der Waals surface area contributed by atoms with E-state index in [9.17, 15) is 4.79 Å². The highest BCUT2D eigenvalue weighted by Crippen LogP contribution is 2.49. The van der Waals surface area contributed by atoms with Crippen LogP contribution in [0.3, 0.4) is 0 Å². The van der Waals surface area contributed by atoms with E-state index in [1.807, 2.05) is 52.0 Å². The molecule has 1 aliphatic rings. The molecule has 0 bridgehead atoms. The van der Waals surface area contributed by atoms with E-state index in [-0.39, 0.29) is 0 Å². The van der Waals surface area contributed by atoms with Crippen molar-refractivity contribution in [2.45, 2.75) is 59.8 Å². The number of nitrogens with zero attached hydrogens (tertiary/aromatic N) is 4. The molecule has 2 aromatic heterocycles. The van der Waals surface area contributed by atoms with Gasteiger partial charge in [-0.1, -0.05) is 23.7 Å². The minimum absolute atomic E-state index is 0.464. The molecule has 4 aromatic rings. The van der Waals surface area contributed by atoms with Gasteiger partial charge >= 0.3 is 5.97 Å². The zero-order valence-corrected chi connectivity index (χ0v) is 22.9. The summed E-state index contributed by atoms with van der Waals surface area (Å²) in [6, 6.07) is 9.84. The Hall–Kier alpha value is -3.36. The number of esters is 1. The maximum absolute atomic E-state index is 13.3. The van der Waals surface area contributed by atoms with Crippen molar-refractivity contribution in [1.82, 2.24) is 14.7 Å². The van der Waals surface area contributed by atoms with Gasteiger partial charge < -0.3 is 23.5 Å². The van der Waals surface area contributed by atoms with Gasteiger partial charge in [0.1, 0.15) is 0 Å². The molecule has 1 atom stereocenters. The van der Waals surface area contributed by atoms with Crippen LogP contribution in [0.2, 0.25) is 5.02 Å². The smallest absolute Gasteiger partial charge is 0.339 e. The third-order valence-corrected chi connectivity index (χ3v) is 6.94. The number of rotatable bonds is 5.